The molecule has 3 aromatic rings. The van der Waals surface area contributed by atoms with Gasteiger partial charge in [0.05, 0.1) is 39.7 Å². The lowest BCUT2D eigenvalue weighted by molar-refractivity contribution is -0.136. The van der Waals surface area contributed by atoms with Gasteiger partial charge in [-0.15, -0.1) is 0 Å². The number of nitrogens with zero attached hydrogens (tertiary/aromatic N) is 2. The number of ether oxygens (including phenoxy) is 1. The molecule has 1 aliphatic heterocycles. The molecule has 0 N–H and O–H groups in total. The first-order chi connectivity index (χ1) is 16.1. The third kappa shape index (κ3) is 4.05. The lowest BCUT2D eigenvalue weighted by atomic mass is 10.0. The zero-order valence-corrected chi connectivity index (χ0v) is 21.2. The number of amides is 1. The zero-order valence-electron chi connectivity index (χ0n) is 18.9. The van der Waals surface area contributed by atoms with E-state index in [1.807, 2.05) is 30.5 Å². The fourth-order valence-corrected chi connectivity index (χ4v) is 4.94. The molecule has 4 rings (SSSR count). The molecule has 0 fully saturated rings. The van der Waals surface area contributed by atoms with E-state index in [-0.39, 0.29) is 17.1 Å². The minimum absolute atomic E-state index is 0.196. The van der Waals surface area contributed by atoms with Gasteiger partial charge in [-0.1, -0.05) is 46.9 Å². The summed E-state index contributed by atoms with van der Waals surface area (Å²) in [6, 6.07) is 14.2. The molecule has 1 amide bonds. The van der Waals surface area contributed by atoms with Crippen molar-refractivity contribution in [1.82, 2.24) is 4.57 Å². The zero-order chi connectivity index (χ0) is 24.7. The summed E-state index contributed by atoms with van der Waals surface area (Å²) in [5.74, 6) is -0.957. The number of anilines is 1. The van der Waals surface area contributed by atoms with Crippen molar-refractivity contribution in [2.75, 3.05) is 12.0 Å². The van der Waals surface area contributed by atoms with Gasteiger partial charge in [0.1, 0.15) is 0 Å². The predicted octanol–water partition coefficient (Wildman–Crippen LogP) is 6.93. The second kappa shape index (κ2) is 9.34. The van der Waals surface area contributed by atoms with Crippen molar-refractivity contribution in [2.24, 2.45) is 0 Å². The van der Waals surface area contributed by atoms with E-state index in [4.69, 9.17) is 39.5 Å². The Kier molecular flexibility index (Phi) is 6.63. The molecule has 0 atom stereocenters. The molecular weight excluding hydrogens is 495 g/mol. The van der Waals surface area contributed by atoms with Crippen molar-refractivity contribution in [3.63, 3.8) is 0 Å². The summed E-state index contributed by atoms with van der Waals surface area (Å²) in [4.78, 5) is 27.7. The normalized spacial score (nSPS) is 15.0. The van der Waals surface area contributed by atoms with Crippen molar-refractivity contribution < 1.29 is 14.3 Å². The van der Waals surface area contributed by atoms with Crippen LogP contribution in [0.2, 0.25) is 15.1 Å². The monoisotopic (exact) mass is 514 g/mol. The van der Waals surface area contributed by atoms with Crippen LogP contribution in [0, 0.1) is 13.8 Å². The Bertz CT molecular complexity index is 1400. The Hall–Kier alpha value is -2.99. The van der Waals surface area contributed by atoms with Gasteiger partial charge in [0.15, 0.2) is 0 Å². The van der Waals surface area contributed by atoms with E-state index in [1.165, 1.54) is 12.0 Å². The number of para-hydroxylation sites is 1. The summed E-state index contributed by atoms with van der Waals surface area (Å²) in [7, 11) is 1.29. The summed E-state index contributed by atoms with van der Waals surface area (Å²) in [6.45, 7) is 5.56. The van der Waals surface area contributed by atoms with Gasteiger partial charge < -0.3 is 9.30 Å². The molecule has 34 heavy (non-hydrogen) atoms. The topological polar surface area (TPSA) is 51.5 Å². The van der Waals surface area contributed by atoms with E-state index in [0.29, 0.717) is 26.5 Å². The number of allylic oxidation sites excluding steroid dienone is 1. The number of esters is 1. The summed E-state index contributed by atoms with van der Waals surface area (Å²) < 4.78 is 6.98. The number of rotatable bonds is 4. The van der Waals surface area contributed by atoms with Crippen LogP contribution in [0.1, 0.15) is 23.9 Å². The highest BCUT2D eigenvalue weighted by atomic mass is 35.5. The number of halogens is 3. The molecule has 1 aromatic heterocycles. The van der Waals surface area contributed by atoms with E-state index in [2.05, 4.69) is 0 Å². The quantitative estimate of drug-likeness (QED) is 0.280. The molecule has 0 aliphatic carbocycles. The molecule has 0 radical (unpaired) electrons. The molecule has 0 unspecified atom stereocenters. The van der Waals surface area contributed by atoms with Crippen LogP contribution in [0.15, 0.2) is 65.4 Å². The molecule has 5 nitrogen and oxygen atoms in total. The summed E-state index contributed by atoms with van der Waals surface area (Å²) in [6.07, 6.45) is 1.71. The van der Waals surface area contributed by atoms with Gasteiger partial charge in [0.2, 0.25) is 0 Å². The van der Waals surface area contributed by atoms with Crippen molar-refractivity contribution in [2.45, 2.75) is 20.8 Å². The van der Waals surface area contributed by atoms with Gasteiger partial charge in [-0.2, -0.15) is 0 Å². The first kappa shape index (κ1) is 24.1. The van der Waals surface area contributed by atoms with Gasteiger partial charge in [0.25, 0.3) is 5.91 Å². The van der Waals surface area contributed by atoms with Crippen LogP contribution in [0.4, 0.5) is 5.69 Å². The van der Waals surface area contributed by atoms with Gasteiger partial charge in [-0.25, -0.2) is 4.79 Å². The predicted molar refractivity (Wildman–Crippen MR) is 137 cm³/mol. The number of aryl methyl sites for hydroxylation is 1. The van der Waals surface area contributed by atoms with Crippen LogP contribution in [0.25, 0.3) is 11.8 Å². The van der Waals surface area contributed by atoms with E-state index >= 15 is 0 Å². The highest BCUT2D eigenvalue weighted by Gasteiger charge is 2.38. The summed E-state index contributed by atoms with van der Waals surface area (Å²) in [5.41, 5.74) is 4.65. The first-order valence-corrected chi connectivity index (χ1v) is 11.5. The second-order valence-corrected chi connectivity index (χ2v) is 9.11. The first-order valence-electron chi connectivity index (χ1n) is 10.4. The molecule has 2 heterocycles. The van der Waals surface area contributed by atoms with Crippen molar-refractivity contribution in [3.8, 4) is 5.69 Å². The fourth-order valence-electron chi connectivity index (χ4n) is 4.23. The average Bonchev–Trinajstić information content (AvgIpc) is 3.20. The highest BCUT2D eigenvalue weighted by Crippen LogP contribution is 2.39. The number of carbonyl (C=O) groups is 2. The molecule has 8 heteroatoms. The Morgan fingerprint density at radius 2 is 1.65 bits per heavy atom. The number of benzene rings is 2. The number of hydrogen-bond donors (Lipinski definition) is 0. The Balaban J connectivity index is 1.88. The van der Waals surface area contributed by atoms with Crippen LogP contribution in [0.3, 0.4) is 0 Å². The van der Waals surface area contributed by atoms with Crippen LogP contribution in [0.5, 0.6) is 0 Å². The molecule has 0 spiro atoms. The van der Waals surface area contributed by atoms with Gasteiger partial charge in [-0.05, 0) is 68.8 Å². The number of methoxy groups -OCH3 is 1. The largest absolute Gasteiger partial charge is 0.465 e. The molecule has 0 saturated heterocycles. The Morgan fingerprint density at radius 3 is 2.29 bits per heavy atom. The van der Waals surface area contributed by atoms with E-state index < -0.39 is 5.97 Å². The maximum Gasteiger partial charge on any atom is 0.340 e. The van der Waals surface area contributed by atoms with Crippen LogP contribution in [-0.2, 0) is 14.3 Å². The third-order valence-electron chi connectivity index (χ3n) is 5.80. The van der Waals surface area contributed by atoms with Crippen LogP contribution >= 0.6 is 34.8 Å². The molecule has 174 valence electrons. The van der Waals surface area contributed by atoms with Gasteiger partial charge >= 0.3 is 5.97 Å². The van der Waals surface area contributed by atoms with E-state index in [1.54, 1.807) is 49.4 Å². The van der Waals surface area contributed by atoms with Gasteiger partial charge in [0, 0.05) is 22.1 Å². The molecule has 0 saturated carbocycles. The Morgan fingerprint density at radius 1 is 0.941 bits per heavy atom. The highest BCUT2D eigenvalue weighted by molar-refractivity contribution is 6.36. The van der Waals surface area contributed by atoms with Crippen molar-refractivity contribution >= 4 is 58.4 Å². The smallest absolute Gasteiger partial charge is 0.340 e. The number of hydrogen-bond acceptors (Lipinski definition) is 3. The third-order valence-corrected chi connectivity index (χ3v) is 6.66. The second-order valence-electron chi connectivity index (χ2n) is 7.86. The lowest BCUT2D eigenvalue weighted by Gasteiger charge is -2.19. The SMILES string of the molecule is COC(=O)C1=C(C)N(c2ccccc2Cl)C(=O)/C1=C\c1cc(C)n(-c2ccc(Cl)cc2Cl)c1C. The summed E-state index contributed by atoms with van der Waals surface area (Å²) >= 11 is 18.9. The molecular formula is C26H21Cl3N2O3. The fraction of sp³-hybridized carbons (Fsp3) is 0.154. The molecule has 1 aliphatic rings. The van der Waals surface area contributed by atoms with Crippen molar-refractivity contribution in [1.29, 1.82) is 0 Å². The van der Waals surface area contributed by atoms with Crippen LogP contribution < -0.4 is 4.90 Å². The number of carbonyl (C=O) groups excluding carboxylic acids is 2. The minimum atomic E-state index is -0.596. The van der Waals surface area contributed by atoms with Gasteiger partial charge in [-0.3, -0.25) is 9.69 Å². The standard InChI is InChI=1S/C26H21Cl3N2O3/c1-14-11-17(15(2)30(14)23-10-9-18(27)13-21(23)29)12-19-24(26(33)34-4)16(3)31(25(19)32)22-8-6-5-7-20(22)28/h5-13H,1-4H3/b19-12-. The van der Waals surface area contributed by atoms with Crippen LogP contribution in [-0.4, -0.2) is 23.6 Å². The minimum Gasteiger partial charge on any atom is -0.465 e. The Labute approximate surface area is 212 Å². The summed E-state index contributed by atoms with van der Waals surface area (Å²) in [5, 5.41) is 1.44. The molecule has 0 bridgehead atoms. The van der Waals surface area contributed by atoms with E-state index in [0.717, 1.165) is 22.6 Å². The van der Waals surface area contributed by atoms with Crippen molar-refractivity contribution in [3.05, 3.63) is 97.4 Å². The lowest BCUT2D eigenvalue weighted by Crippen LogP contribution is -2.24. The molecule has 2 aromatic carbocycles. The number of aromatic nitrogens is 1. The van der Waals surface area contributed by atoms with E-state index in [9.17, 15) is 9.59 Å². The maximum atomic E-state index is 13.6. The average molecular weight is 516 g/mol. The maximum absolute atomic E-state index is 13.6.